The Kier molecular flexibility index (Phi) is 7.78. The third kappa shape index (κ3) is 5.83. The molecule has 0 N–H and O–H groups in total. The zero-order valence-corrected chi connectivity index (χ0v) is 30.9. The van der Waals surface area contributed by atoms with Gasteiger partial charge in [0.15, 0.2) is 17.5 Å². The summed E-state index contributed by atoms with van der Waals surface area (Å²) >= 11 is 0. The first kappa shape index (κ1) is 32.7. The lowest BCUT2D eigenvalue weighted by molar-refractivity contribution is 1.07. The van der Waals surface area contributed by atoms with Gasteiger partial charge >= 0.3 is 0 Å². The molecule has 0 atom stereocenters. The molecular formula is C53H34N4. The summed E-state index contributed by atoms with van der Waals surface area (Å²) in [7, 11) is 0. The van der Waals surface area contributed by atoms with Crippen molar-refractivity contribution in [2.75, 3.05) is 0 Å². The highest BCUT2D eigenvalue weighted by Gasteiger charge is 2.20. The molecule has 266 valence electrons. The van der Waals surface area contributed by atoms with Gasteiger partial charge in [-0.1, -0.05) is 158 Å². The second-order valence-corrected chi connectivity index (χ2v) is 14.5. The van der Waals surface area contributed by atoms with E-state index >= 15 is 0 Å². The van der Waals surface area contributed by atoms with Crippen molar-refractivity contribution < 1.29 is 0 Å². The second-order valence-electron chi connectivity index (χ2n) is 14.5. The molecule has 0 amide bonds. The van der Waals surface area contributed by atoms with Gasteiger partial charge in [0.25, 0.3) is 0 Å². The van der Waals surface area contributed by atoms with E-state index < -0.39 is 0 Å². The molecule has 11 rings (SSSR count). The molecule has 0 aliphatic carbocycles. The van der Waals surface area contributed by atoms with Gasteiger partial charge in [0, 0.05) is 33.0 Å². The van der Waals surface area contributed by atoms with E-state index in [1.54, 1.807) is 0 Å². The molecule has 2 aromatic heterocycles. The van der Waals surface area contributed by atoms with Gasteiger partial charge in [0.1, 0.15) is 0 Å². The third-order valence-corrected chi connectivity index (χ3v) is 11.0. The maximum atomic E-state index is 5.20. The highest BCUT2D eigenvalue weighted by molar-refractivity contribution is 6.14. The van der Waals surface area contributed by atoms with Crippen LogP contribution in [0.2, 0.25) is 0 Å². The van der Waals surface area contributed by atoms with E-state index in [-0.39, 0.29) is 0 Å². The zero-order chi connectivity index (χ0) is 37.7. The molecule has 0 fully saturated rings. The first-order chi connectivity index (χ1) is 28.2. The molecule has 0 aliphatic rings. The molecule has 11 aromatic rings. The Morgan fingerprint density at radius 1 is 0.281 bits per heavy atom. The number of aromatic nitrogens is 4. The quantitative estimate of drug-likeness (QED) is 0.171. The van der Waals surface area contributed by atoms with E-state index in [2.05, 4.69) is 193 Å². The van der Waals surface area contributed by atoms with Crippen LogP contribution < -0.4 is 0 Å². The summed E-state index contributed by atoms with van der Waals surface area (Å²) in [4.78, 5) is 15.4. The Morgan fingerprint density at radius 3 is 1.58 bits per heavy atom. The normalized spacial score (nSPS) is 11.5. The highest BCUT2D eigenvalue weighted by Crippen LogP contribution is 2.40. The van der Waals surface area contributed by atoms with Gasteiger partial charge in [0.05, 0.1) is 16.7 Å². The number of para-hydroxylation sites is 1. The van der Waals surface area contributed by atoms with Crippen molar-refractivity contribution in [3.05, 3.63) is 206 Å². The van der Waals surface area contributed by atoms with Gasteiger partial charge in [-0.3, -0.25) is 0 Å². The van der Waals surface area contributed by atoms with E-state index in [4.69, 9.17) is 15.0 Å². The van der Waals surface area contributed by atoms with E-state index in [0.717, 1.165) is 55.5 Å². The summed E-state index contributed by atoms with van der Waals surface area (Å²) < 4.78 is 2.43. The fourth-order valence-electron chi connectivity index (χ4n) is 8.19. The molecule has 0 unspecified atom stereocenters. The van der Waals surface area contributed by atoms with Gasteiger partial charge < -0.3 is 4.57 Å². The topological polar surface area (TPSA) is 43.6 Å². The largest absolute Gasteiger partial charge is 0.309 e. The number of hydrogen-bond acceptors (Lipinski definition) is 3. The molecule has 0 radical (unpaired) electrons. The molecule has 4 heteroatoms. The maximum absolute atomic E-state index is 5.20. The third-order valence-electron chi connectivity index (χ3n) is 11.0. The van der Waals surface area contributed by atoms with Crippen molar-refractivity contribution in [3.63, 3.8) is 0 Å². The van der Waals surface area contributed by atoms with Crippen LogP contribution in [0.1, 0.15) is 0 Å². The Balaban J connectivity index is 1.17. The summed E-state index contributed by atoms with van der Waals surface area (Å²) in [5, 5.41) is 7.19. The molecule has 0 spiro atoms. The highest BCUT2D eigenvalue weighted by atomic mass is 15.0. The van der Waals surface area contributed by atoms with Crippen molar-refractivity contribution in [1.82, 2.24) is 19.5 Å². The fourth-order valence-corrected chi connectivity index (χ4v) is 8.19. The molecule has 57 heavy (non-hydrogen) atoms. The summed E-state index contributed by atoms with van der Waals surface area (Å²) in [5.41, 5.74) is 10.7. The van der Waals surface area contributed by atoms with E-state index in [9.17, 15) is 0 Å². The van der Waals surface area contributed by atoms with Crippen LogP contribution in [0.5, 0.6) is 0 Å². The van der Waals surface area contributed by atoms with Crippen LogP contribution in [0.25, 0.3) is 105 Å². The summed E-state index contributed by atoms with van der Waals surface area (Å²) in [6, 6.07) is 73.0. The zero-order valence-electron chi connectivity index (χ0n) is 30.9. The minimum atomic E-state index is 0.618. The molecule has 0 saturated carbocycles. The van der Waals surface area contributed by atoms with E-state index in [0.29, 0.717) is 17.5 Å². The Bertz CT molecular complexity index is 3290. The molecule has 4 nitrogen and oxygen atoms in total. The lowest BCUT2D eigenvalue weighted by atomic mass is 9.96. The summed E-state index contributed by atoms with van der Waals surface area (Å²) in [5.74, 6) is 1.89. The Hall–Kier alpha value is -7.69. The number of nitrogens with zero attached hydrogens (tertiary/aromatic N) is 4. The standard InChI is InChI=1S/C53H34N4/c1-3-14-35(15-4-1)39-22-13-23-42(30-39)46-33-44(28-29-49(46)57-48-25-12-11-24-45(48)47-32-40-20-9-10-21-41(40)34-50(47)57)53-55-51(37-17-5-2-6-18-37)54-52(56-53)43-27-26-36-16-7-8-19-38(36)31-43/h1-34H. The second kappa shape index (κ2) is 13.6. The van der Waals surface area contributed by atoms with Gasteiger partial charge in [-0.05, 0) is 86.8 Å². The number of fused-ring (bicyclic) bond motifs is 5. The minimum Gasteiger partial charge on any atom is -0.309 e. The van der Waals surface area contributed by atoms with Crippen molar-refractivity contribution in [3.8, 4) is 62.1 Å². The van der Waals surface area contributed by atoms with Gasteiger partial charge in [-0.2, -0.15) is 0 Å². The van der Waals surface area contributed by atoms with E-state index in [1.807, 2.05) is 18.2 Å². The minimum absolute atomic E-state index is 0.618. The first-order valence-electron chi connectivity index (χ1n) is 19.3. The molecule has 9 aromatic carbocycles. The first-order valence-corrected chi connectivity index (χ1v) is 19.3. The van der Waals surface area contributed by atoms with Crippen LogP contribution in [-0.2, 0) is 0 Å². The van der Waals surface area contributed by atoms with Crippen LogP contribution >= 0.6 is 0 Å². The Labute approximate surface area is 330 Å². The van der Waals surface area contributed by atoms with Crippen LogP contribution in [0.4, 0.5) is 0 Å². The number of hydrogen-bond donors (Lipinski definition) is 0. The van der Waals surface area contributed by atoms with Crippen LogP contribution in [-0.4, -0.2) is 19.5 Å². The fraction of sp³-hybridized carbons (Fsp3) is 0. The average Bonchev–Trinajstić information content (AvgIpc) is 3.61. The van der Waals surface area contributed by atoms with Crippen molar-refractivity contribution >= 4 is 43.4 Å². The number of benzene rings is 9. The van der Waals surface area contributed by atoms with Crippen molar-refractivity contribution in [1.29, 1.82) is 0 Å². The van der Waals surface area contributed by atoms with E-state index in [1.165, 1.54) is 32.5 Å². The number of rotatable bonds is 6. The average molecular weight is 727 g/mol. The molecule has 0 bridgehead atoms. The van der Waals surface area contributed by atoms with Crippen molar-refractivity contribution in [2.24, 2.45) is 0 Å². The van der Waals surface area contributed by atoms with Gasteiger partial charge in [-0.25, -0.2) is 15.0 Å². The SMILES string of the molecule is c1ccc(-c2cccc(-c3cc(-c4nc(-c5ccccc5)nc(-c5ccc6ccccc6c5)n4)ccc3-n3c4ccccc4c4cc5ccccc5cc43)c2)cc1. The lowest BCUT2D eigenvalue weighted by Crippen LogP contribution is -2.02. The van der Waals surface area contributed by atoms with Gasteiger partial charge in [-0.15, -0.1) is 0 Å². The molecule has 0 aliphatic heterocycles. The summed E-state index contributed by atoms with van der Waals surface area (Å²) in [6.45, 7) is 0. The van der Waals surface area contributed by atoms with Crippen LogP contribution in [0, 0.1) is 0 Å². The predicted octanol–water partition coefficient (Wildman–Crippen LogP) is 13.6. The summed E-state index contributed by atoms with van der Waals surface area (Å²) in [6.07, 6.45) is 0. The maximum Gasteiger partial charge on any atom is 0.164 e. The molecule has 2 heterocycles. The molecule has 0 saturated heterocycles. The Morgan fingerprint density at radius 2 is 0.825 bits per heavy atom. The van der Waals surface area contributed by atoms with Gasteiger partial charge in [0.2, 0.25) is 0 Å². The van der Waals surface area contributed by atoms with Crippen LogP contribution in [0.3, 0.4) is 0 Å². The molecular weight excluding hydrogens is 693 g/mol. The monoisotopic (exact) mass is 726 g/mol. The van der Waals surface area contributed by atoms with Crippen LogP contribution in [0.15, 0.2) is 206 Å². The predicted molar refractivity (Wildman–Crippen MR) is 236 cm³/mol. The lowest BCUT2D eigenvalue weighted by Gasteiger charge is -2.17. The van der Waals surface area contributed by atoms with Crippen molar-refractivity contribution in [2.45, 2.75) is 0 Å². The smallest absolute Gasteiger partial charge is 0.164 e.